The monoisotopic (exact) mass is 608 g/mol. The van der Waals surface area contributed by atoms with Gasteiger partial charge >= 0.3 is 79.8 Å². The molecule has 1 aliphatic heterocycles. The number of esters is 2. The summed E-state index contributed by atoms with van der Waals surface area (Å²) >= 11 is 0. The fourth-order valence-corrected chi connectivity index (χ4v) is 1.85. The van der Waals surface area contributed by atoms with Crippen molar-refractivity contribution in [3.05, 3.63) is 64.2 Å². The van der Waals surface area contributed by atoms with E-state index in [1.54, 1.807) is 18.2 Å². The maximum absolute atomic E-state index is 11.1. The van der Waals surface area contributed by atoms with E-state index in [1.807, 2.05) is 6.08 Å². The van der Waals surface area contributed by atoms with Crippen LogP contribution in [0.5, 0.6) is 0 Å². The molecule has 0 bridgehead atoms. The third kappa shape index (κ3) is 43.8. The van der Waals surface area contributed by atoms with Crippen molar-refractivity contribution >= 4 is 11.9 Å². The van der Waals surface area contributed by atoms with Gasteiger partial charge in [0.15, 0.2) is 0 Å². The molecule has 0 unspecified atom stereocenters. The van der Waals surface area contributed by atoms with Crippen LogP contribution in [0.15, 0.2) is 24.3 Å². The van der Waals surface area contributed by atoms with E-state index >= 15 is 0 Å². The summed E-state index contributed by atoms with van der Waals surface area (Å²) in [5.41, 5.74) is 0. The Hall–Kier alpha value is -2.65. The van der Waals surface area contributed by atoms with E-state index in [9.17, 15) is 9.59 Å². The number of hydrogen-bond donors (Lipinski definition) is 1. The minimum atomic E-state index is -0.606. The number of ether oxygens (including phenoxy) is 3. The third-order valence-electron chi connectivity index (χ3n) is 2.87. The first-order valence-corrected chi connectivity index (χ1v) is 8.66. The Labute approximate surface area is 236 Å². The maximum atomic E-state index is 11.1. The Morgan fingerprint density at radius 2 is 1.41 bits per heavy atom. The number of carbonyl (C=O) groups is 2. The number of carbonyl (C=O) groups excluding carboxylic acids is 2. The van der Waals surface area contributed by atoms with Crippen LogP contribution in [-0.4, -0.2) is 48.6 Å². The molecule has 0 aromatic rings. The summed E-state index contributed by atoms with van der Waals surface area (Å²) in [5.74, 6) is 4.88. The number of unbranched alkanes of at least 4 members (excludes halogenated alkanes) is 1. The zero-order valence-corrected chi connectivity index (χ0v) is 21.6. The predicted octanol–water partition coefficient (Wildman–Crippen LogP) is 0.907. The molecular weight excluding hydrogens is 586 g/mol. The average Bonchev–Trinajstić information content (AvgIpc) is 2.92. The Morgan fingerprint density at radius 1 is 0.919 bits per heavy atom. The molecule has 0 amide bonds. The van der Waals surface area contributed by atoms with Crippen LogP contribution >= 0.6 is 0 Å². The van der Waals surface area contributed by atoms with Crippen LogP contribution in [0.2, 0.25) is 0 Å². The quantitative estimate of drug-likeness (QED) is 0.116. The van der Waals surface area contributed by atoms with Gasteiger partial charge in [0.05, 0.1) is 0 Å². The second-order valence-electron chi connectivity index (χ2n) is 4.91. The molecule has 0 saturated heterocycles. The van der Waals surface area contributed by atoms with E-state index in [2.05, 4.69) is 51.7 Å². The van der Waals surface area contributed by atoms with Crippen molar-refractivity contribution in [2.24, 2.45) is 0 Å². The summed E-state index contributed by atoms with van der Waals surface area (Å²) in [7, 11) is 0. The van der Waals surface area contributed by atoms with Crippen molar-refractivity contribution in [2.45, 2.75) is 45.0 Å². The van der Waals surface area contributed by atoms with Crippen molar-refractivity contribution in [3.63, 3.8) is 0 Å². The van der Waals surface area contributed by atoms with Gasteiger partial charge in [-0.1, -0.05) is 17.9 Å². The zero-order valence-electron chi connectivity index (χ0n) is 19.5. The molecule has 0 saturated carbocycles. The second kappa shape index (κ2) is 54.3. The van der Waals surface area contributed by atoms with Crippen LogP contribution in [0.25, 0.3) is 0 Å². The molecule has 0 aromatic carbocycles. The van der Waals surface area contributed by atoms with E-state index in [4.69, 9.17) is 47.2 Å². The molecule has 37 heavy (non-hydrogen) atoms. The molecule has 1 rings (SSSR count). The van der Waals surface area contributed by atoms with Crippen molar-refractivity contribution < 1.29 is 90.4 Å². The summed E-state index contributed by atoms with van der Waals surface area (Å²) in [6, 6.07) is 0. The second-order valence-corrected chi connectivity index (χ2v) is 4.91. The molecule has 1 aliphatic rings. The van der Waals surface area contributed by atoms with Gasteiger partial charge in [-0.25, -0.2) is 0 Å². The molecule has 0 aliphatic carbocycles. The Balaban J connectivity index is -0.0000000877. The van der Waals surface area contributed by atoms with Gasteiger partial charge in [0.1, 0.15) is 24.9 Å². The summed E-state index contributed by atoms with van der Waals surface area (Å²) in [6.45, 7) is 29.7. The predicted molar refractivity (Wildman–Crippen MR) is 107 cm³/mol. The Bertz CT molecular complexity index is 721. The topological polar surface area (TPSA) is 201 Å². The van der Waals surface area contributed by atoms with Crippen LogP contribution in [-0.2, 0) is 85.3 Å². The first-order valence-electron chi connectivity index (χ1n) is 8.66. The van der Waals surface area contributed by atoms with Gasteiger partial charge < -0.3 is 19.3 Å². The van der Waals surface area contributed by atoms with Crippen LogP contribution < -0.4 is 0 Å². The van der Waals surface area contributed by atoms with Crippen LogP contribution in [0, 0.1) is 51.7 Å². The molecule has 0 aromatic heterocycles. The molecule has 204 valence electrons. The standard InChI is InChI=1S/C17H22O6.6CO.2Co/c1-13(19)21-12-17-16(22-14(2)20)10-9-15(23-17)8-6-4-3-5-7-11-18;6*1-2;;/h3-4,9-10,15-18H,5,7,11-12H2,1-2H3;;;;;;;;/b4-3-;;;;;;;;/t15-,16+,17-;;;;;;;;/m1......../s1. The zero-order chi connectivity index (χ0) is 29.1. The molecule has 1 N–H and O–H groups in total. The molecule has 0 fully saturated rings. The Morgan fingerprint density at radius 3 is 1.81 bits per heavy atom. The van der Waals surface area contributed by atoms with Gasteiger partial charge in [0.2, 0.25) is 0 Å². The largest absolute Gasteiger partial charge is 0 e. The van der Waals surface area contributed by atoms with E-state index in [0.29, 0.717) is 6.42 Å². The smallest absolute Gasteiger partial charge is 0 e. The number of hydrogen-bond acceptors (Lipinski definition) is 6. The normalized spacial score (nSPS) is 14.7. The molecule has 1 heterocycles. The molecule has 12 nitrogen and oxygen atoms in total. The van der Waals surface area contributed by atoms with Crippen molar-refractivity contribution in [3.8, 4) is 11.8 Å². The number of rotatable bonds is 6. The number of allylic oxidation sites excluding steroid dienone is 2. The van der Waals surface area contributed by atoms with E-state index < -0.39 is 30.3 Å². The fourth-order valence-electron chi connectivity index (χ4n) is 1.85. The SMILES string of the molecule is CC(=O)OC[C@H]1O[C@H](C#C/C=C\CCCO)C=C[C@@H]1OC(C)=O.[C-]#[O+].[C-]#[O+].[C-]#[O+].[C-]#[O+].[C-]#[O+].[C-]#[O+].[Co].[Co]. The number of aliphatic hydroxyl groups excluding tert-OH is 1. The van der Waals surface area contributed by atoms with E-state index in [1.165, 1.54) is 13.8 Å². The van der Waals surface area contributed by atoms with Crippen molar-refractivity contribution in [1.29, 1.82) is 0 Å². The van der Waals surface area contributed by atoms with Crippen LogP contribution in [0.3, 0.4) is 0 Å². The first-order chi connectivity index (χ1) is 17.0. The van der Waals surface area contributed by atoms with Crippen LogP contribution in [0.1, 0.15) is 26.7 Å². The van der Waals surface area contributed by atoms with E-state index in [-0.39, 0.29) is 46.8 Å². The van der Waals surface area contributed by atoms with Gasteiger partial charge in [-0.15, -0.1) is 0 Å². The average molecular weight is 608 g/mol. The summed E-state index contributed by atoms with van der Waals surface area (Å²) in [5, 5.41) is 8.66. The van der Waals surface area contributed by atoms with Gasteiger partial charge in [-0.2, -0.15) is 0 Å². The molecule has 3 atom stereocenters. The van der Waals surface area contributed by atoms with E-state index in [0.717, 1.165) is 6.42 Å². The van der Waals surface area contributed by atoms with Crippen molar-refractivity contribution in [2.75, 3.05) is 13.2 Å². The van der Waals surface area contributed by atoms with Gasteiger partial charge in [0.25, 0.3) is 0 Å². The van der Waals surface area contributed by atoms with Gasteiger partial charge in [0, 0.05) is 54.0 Å². The molecule has 0 spiro atoms. The van der Waals surface area contributed by atoms with Gasteiger partial charge in [-0.3, -0.25) is 9.59 Å². The molecular formula is C23H22Co2O12. The molecule has 2 radical (unpaired) electrons. The Kier molecular flexibility index (Phi) is 80.8. The minimum absolute atomic E-state index is 0. The summed E-state index contributed by atoms with van der Waals surface area (Å²) in [6.07, 6.45) is 6.75. The minimum Gasteiger partial charge on any atom is 0 e. The first kappa shape index (κ1) is 55.0. The number of aliphatic hydroxyl groups is 1. The van der Waals surface area contributed by atoms with Crippen molar-refractivity contribution in [1.82, 2.24) is 0 Å². The maximum Gasteiger partial charge on any atom is 0 e. The fraction of sp³-hybridized carbons (Fsp3) is 0.391. The molecule has 14 heteroatoms. The third-order valence-corrected chi connectivity index (χ3v) is 2.87. The van der Waals surface area contributed by atoms with Gasteiger partial charge in [-0.05, 0) is 31.1 Å². The summed E-state index contributed by atoms with van der Waals surface area (Å²) in [4.78, 5) is 22.0. The van der Waals surface area contributed by atoms with Crippen LogP contribution in [0.4, 0.5) is 0 Å². The summed E-state index contributed by atoms with van der Waals surface area (Å²) < 4.78 is 60.8.